The van der Waals surface area contributed by atoms with Crippen molar-refractivity contribution in [3.05, 3.63) is 28.4 Å². The maximum atomic E-state index is 12.1. The number of ether oxygens (including phenoxy) is 1. The SMILES string of the molecule is O=C(COC(=O)c1cc(I)cc(I)c1I)NS(=O)(=O)C(F)(F)F. The second kappa shape index (κ2) is 7.98. The Morgan fingerprint density at radius 3 is 2.26 bits per heavy atom. The van der Waals surface area contributed by atoms with Crippen LogP contribution in [0.3, 0.4) is 0 Å². The highest BCUT2D eigenvalue weighted by Crippen LogP contribution is 2.24. The maximum Gasteiger partial charge on any atom is 0.516 e. The third kappa shape index (κ3) is 5.83. The normalized spacial score (nSPS) is 11.9. The van der Waals surface area contributed by atoms with Crippen molar-refractivity contribution >= 4 is 89.7 Å². The van der Waals surface area contributed by atoms with E-state index in [2.05, 4.69) is 4.74 Å². The second-order valence-corrected chi connectivity index (χ2v) is 8.96. The first kappa shape index (κ1) is 21.1. The summed E-state index contributed by atoms with van der Waals surface area (Å²) in [6.45, 7) is -1.16. The van der Waals surface area contributed by atoms with Crippen molar-refractivity contribution in [1.29, 1.82) is 0 Å². The number of nitrogens with one attached hydrogen (secondary N) is 1. The summed E-state index contributed by atoms with van der Waals surface area (Å²) in [5.74, 6) is -2.56. The van der Waals surface area contributed by atoms with Crippen LogP contribution in [-0.4, -0.2) is 32.4 Å². The number of esters is 1. The van der Waals surface area contributed by atoms with Gasteiger partial charge in [0.1, 0.15) is 0 Å². The molecular formula is C10H5F3I3NO5S. The minimum absolute atomic E-state index is 0.119. The molecule has 0 aliphatic rings. The van der Waals surface area contributed by atoms with E-state index in [1.807, 2.05) is 67.8 Å². The number of halogens is 6. The van der Waals surface area contributed by atoms with Gasteiger partial charge in [-0.15, -0.1) is 0 Å². The Labute approximate surface area is 169 Å². The summed E-state index contributed by atoms with van der Waals surface area (Å²) < 4.78 is 65.0. The molecule has 128 valence electrons. The number of benzene rings is 1. The van der Waals surface area contributed by atoms with Gasteiger partial charge in [0.15, 0.2) is 6.61 Å². The van der Waals surface area contributed by atoms with Gasteiger partial charge in [0.25, 0.3) is 5.91 Å². The lowest BCUT2D eigenvalue weighted by Crippen LogP contribution is -2.42. The zero-order chi connectivity index (χ0) is 18.0. The van der Waals surface area contributed by atoms with Crippen LogP contribution >= 0.6 is 67.8 Å². The Hall–Kier alpha value is 0.0900. The number of carbonyl (C=O) groups is 2. The number of hydrogen-bond acceptors (Lipinski definition) is 5. The molecule has 0 spiro atoms. The molecule has 1 rings (SSSR count). The molecule has 0 radical (unpaired) electrons. The van der Waals surface area contributed by atoms with Gasteiger partial charge in [-0.05, 0) is 79.9 Å². The first-order valence-electron chi connectivity index (χ1n) is 5.28. The maximum absolute atomic E-state index is 12.1. The minimum Gasteiger partial charge on any atom is -0.452 e. The average molecular weight is 689 g/mol. The molecule has 6 nitrogen and oxygen atoms in total. The largest absolute Gasteiger partial charge is 0.516 e. The van der Waals surface area contributed by atoms with Crippen LogP contribution in [0.1, 0.15) is 10.4 Å². The van der Waals surface area contributed by atoms with Crippen molar-refractivity contribution in [3.63, 3.8) is 0 Å². The summed E-state index contributed by atoms with van der Waals surface area (Å²) in [6.07, 6.45) is 0. The van der Waals surface area contributed by atoms with Gasteiger partial charge in [0, 0.05) is 10.7 Å². The Morgan fingerprint density at radius 1 is 1.17 bits per heavy atom. The van der Waals surface area contributed by atoms with Crippen molar-refractivity contribution in [1.82, 2.24) is 4.72 Å². The molecule has 23 heavy (non-hydrogen) atoms. The molecule has 0 aliphatic carbocycles. The summed E-state index contributed by atoms with van der Waals surface area (Å²) in [6, 6.07) is 3.25. The lowest BCUT2D eigenvalue weighted by atomic mass is 10.2. The molecule has 13 heteroatoms. The Balaban J connectivity index is 2.76. The van der Waals surface area contributed by atoms with Crippen molar-refractivity contribution in [2.24, 2.45) is 0 Å². The van der Waals surface area contributed by atoms with Gasteiger partial charge in [-0.25, -0.2) is 9.52 Å². The summed E-state index contributed by atoms with van der Waals surface area (Å²) >= 11 is 5.79. The van der Waals surface area contributed by atoms with Gasteiger partial charge in [0.05, 0.1) is 5.56 Å². The van der Waals surface area contributed by atoms with E-state index >= 15 is 0 Å². The molecule has 0 saturated carbocycles. The first-order valence-corrected chi connectivity index (χ1v) is 10.0. The monoisotopic (exact) mass is 689 g/mol. The molecule has 1 N–H and O–H groups in total. The lowest BCUT2D eigenvalue weighted by molar-refractivity contribution is -0.123. The lowest BCUT2D eigenvalue weighted by Gasteiger charge is -2.10. The number of sulfonamides is 1. The van der Waals surface area contributed by atoms with Crippen LogP contribution in [0.2, 0.25) is 0 Å². The van der Waals surface area contributed by atoms with Crippen LogP contribution in [0.5, 0.6) is 0 Å². The average Bonchev–Trinajstić information content (AvgIpc) is 2.38. The number of hydrogen-bond donors (Lipinski definition) is 1. The molecular weight excluding hydrogens is 684 g/mol. The van der Waals surface area contributed by atoms with Crippen LogP contribution in [0.4, 0.5) is 13.2 Å². The predicted octanol–water partition coefficient (Wildman–Crippen LogP) is 2.62. The van der Waals surface area contributed by atoms with Crippen molar-refractivity contribution < 1.29 is 35.9 Å². The van der Waals surface area contributed by atoms with Crippen molar-refractivity contribution in [2.45, 2.75) is 5.51 Å². The van der Waals surface area contributed by atoms with E-state index in [1.165, 1.54) is 6.07 Å². The number of alkyl halides is 3. The molecule has 1 aromatic carbocycles. The molecule has 0 unspecified atom stereocenters. The van der Waals surface area contributed by atoms with E-state index in [0.29, 0.717) is 7.14 Å². The fraction of sp³-hybridized carbons (Fsp3) is 0.200. The van der Waals surface area contributed by atoms with Gasteiger partial charge < -0.3 is 4.74 Å². The van der Waals surface area contributed by atoms with E-state index in [1.54, 1.807) is 6.07 Å². The van der Waals surface area contributed by atoms with Crippen LogP contribution in [0, 0.1) is 10.7 Å². The molecule has 0 saturated heterocycles. The first-order chi connectivity index (χ1) is 10.3. The minimum atomic E-state index is -5.83. The number of rotatable bonds is 4. The van der Waals surface area contributed by atoms with Crippen LogP contribution in [0.25, 0.3) is 0 Å². The topological polar surface area (TPSA) is 89.5 Å². The third-order valence-electron chi connectivity index (χ3n) is 2.10. The predicted molar refractivity (Wildman–Crippen MR) is 98.0 cm³/mol. The van der Waals surface area contributed by atoms with Crippen molar-refractivity contribution in [3.8, 4) is 0 Å². The van der Waals surface area contributed by atoms with Gasteiger partial charge in [-0.1, -0.05) is 0 Å². The van der Waals surface area contributed by atoms with Gasteiger partial charge >= 0.3 is 21.5 Å². The van der Waals surface area contributed by atoms with Gasteiger partial charge in [-0.3, -0.25) is 4.79 Å². The Kier molecular flexibility index (Phi) is 7.33. The molecule has 0 fully saturated rings. The quantitative estimate of drug-likeness (QED) is 0.299. The number of carbonyl (C=O) groups excluding carboxylic acids is 2. The van der Waals surface area contributed by atoms with Crippen LogP contribution in [-0.2, 0) is 19.6 Å². The van der Waals surface area contributed by atoms with Gasteiger partial charge in [0.2, 0.25) is 0 Å². The van der Waals surface area contributed by atoms with E-state index in [4.69, 9.17) is 0 Å². The smallest absolute Gasteiger partial charge is 0.452 e. The fourth-order valence-electron chi connectivity index (χ4n) is 1.15. The van der Waals surface area contributed by atoms with Crippen molar-refractivity contribution in [2.75, 3.05) is 6.61 Å². The molecule has 0 aromatic heterocycles. The molecule has 1 amide bonds. The molecule has 0 aliphatic heterocycles. The third-order valence-corrected chi connectivity index (χ3v) is 6.87. The highest BCUT2D eigenvalue weighted by Gasteiger charge is 2.47. The van der Waals surface area contributed by atoms with Crippen LogP contribution in [0.15, 0.2) is 12.1 Å². The Bertz CT molecular complexity index is 751. The molecule has 0 heterocycles. The summed E-state index contributed by atoms with van der Waals surface area (Å²) in [5, 5.41) is 0. The van der Waals surface area contributed by atoms with E-state index in [-0.39, 0.29) is 5.56 Å². The van der Waals surface area contributed by atoms with E-state index in [0.717, 1.165) is 8.29 Å². The zero-order valence-corrected chi connectivity index (χ0v) is 17.9. The molecule has 0 bridgehead atoms. The number of amides is 1. The molecule has 0 atom stereocenters. The summed E-state index contributed by atoms with van der Waals surface area (Å²) in [4.78, 5) is 23.0. The standard InChI is InChI=1S/C10H5F3I3NO5S/c11-10(12,13)23(20,21)17-7(18)3-22-9(19)5-1-4(14)2-6(15)8(5)16/h1-2H,3H2,(H,17,18). The zero-order valence-electron chi connectivity index (χ0n) is 10.6. The second-order valence-electron chi connectivity index (χ2n) is 3.80. The van der Waals surface area contributed by atoms with Gasteiger partial charge in [-0.2, -0.15) is 21.6 Å². The van der Waals surface area contributed by atoms with E-state index in [9.17, 15) is 31.2 Å². The fourth-order valence-corrected chi connectivity index (χ4v) is 4.00. The molecule has 1 aromatic rings. The van der Waals surface area contributed by atoms with Crippen LogP contribution < -0.4 is 4.72 Å². The highest BCUT2D eigenvalue weighted by atomic mass is 127. The summed E-state index contributed by atoms with van der Waals surface area (Å²) in [5.41, 5.74) is -5.51. The summed E-state index contributed by atoms with van der Waals surface area (Å²) in [7, 11) is -5.83. The Morgan fingerprint density at radius 2 is 1.74 bits per heavy atom. The van der Waals surface area contributed by atoms with E-state index < -0.39 is 34.0 Å². The highest BCUT2D eigenvalue weighted by molar-refractivity contribution is 14.1.